The Morgan fingerprint density at radius 3 is 2.55 bits per heavy atom. The summed E-state index contributed by atoms with van der Waals surface area (Å²) in [7, 11) is 0. The molecule has 1 amide bonds. The summed E-state index contributed by atoms with van der Waals surface area (Å²) in [5.74, 6) is 0.603. The molecule has 0 saturated heterocycles. The van der Waals surface area contributed by atoms with E-state index in [1.165, 1.54) is 6.42 Å². The molecule has 0 aromatic carbocycles. The fourth-order valence-electron chi connectivity index (χ4n) is 2.29. The van der Waals surface area contributed by atoms with E-state index in [2.05, 4.69) is 44.8 Å². The first kappa shape index (κ1) is 16.7. The number of amides is 1. The van der Waals surface area contributed by atoms with Crippen molar-refractivity contribution >= 4 is 5.91 Å². The van der Waals surface area contributed by atoms with Gasteiger partial charge in [-0.1, -0.05) is 33.6 Å². The third-order valence-electron chi connectivity index (χ3n) is 3.36. The Labute approximate surface area is 122 Å². The van der Waals surface area contributed by atoms with Crippen LogP contribution in [0.15, 0.2) is 6.07 Å². The molecule has 0 aliphatic rings. The molecule has 1 aromatic heterocycles. The molecular formula is C16H29N3O. The molecule has 4 nitrogen and oxygen atoms in total. The third kappa shape index (κ3) is 4.99. The van der Waals surface area contributed by atoms with Gasteiger partial charge in [-0.3, -0.25) is 9.89 Å². The van der Waals surface area contributed by atoms with Gasteiger partial charge in [-0.2, -0.15) is 5.10 Å². The quantitative estimate of drug-likeness (QED) is 0.738. The predicted molar refractivity (Wildman–Crippen MR) is 82.8 cm³/mol. The number of hydrogen-bond donors (Lipinski definition) is 1. The smallest absolute Gasteiger partial charge is 0.274 e. The van der Waals surface area contributed by atoms with Gasteiger partial charge in [0.25, 0.3) is 5.91 Å². The average molecular weight is 279 g/mol. The van der Waals surface area contributed by atoms with Gasteiger partial charge in [0.2, 0.25) is 0 Å². The summed E-state index contributed by atoms with van der Waals surface area (Å²) in [6.07, 6.45) is 4.32. The minimum Gasteiger partial charge on any atom is -0.335 e. The van der Waals surface area contributed by atoms with E-state index in [4.69, 9.17) is 0 Å². The van der Waals surface area contributed by atoms with Crippen molar-refractivity contribution in [1.29, 1.82) is 0 Å². The SMILES string of the molecule is CCCCCN(C(=O)c1cc(CC(C)C)[nH]n1)C(C)C. The highest BCUT2D eigenvalue weighted by molar-refractivity contribution is 5.92. The molecular weight excluding hydrogens is 250 g/mol. The van der Waals surface area contributed by atoms with E-state index in [1.807, 2.05) is 11.0 Å². The molecule has 0 radical (unpaired) electrons. The number of aromatic nitrogens is 2. The van der Waals surface area contributed by atoms with Gasteiger partial charge in [0, 0.05) is 18.3 Å². The van der Waals surface area contributed by atoms with Crippen LogP contribution >= 0.6 is 0 Å². The van der Waals surface area contributed by atoms with Crippen LogP contribution in [-0.4, -0.2) is 33.6 Å². The molecule has 114 valence electrons. The van der Waals surface area contributed by atoms with E-state index in [0.717, 1.165) is 31.5 Å². The topological polar surface area (TPSA) is 49.0 Å². The highest BCUT2D eigenvalue weighted by Crippen LogP contribution is 2.12. The lowest BCUT2D eigenvalue weighted by Gasteiger charge is -2.25. The molecule has 0 aliphatic carbocycles. The third-order valence-corrected chi connectivity index (χ3v) is 3.36. The molecule has 0 unspecified atom stereocenters. The minimum atomic E-state index is 0.0439. The summed E-state index contributed by atoms with van der Waals surface area (Å²) >= 11 is 0. The standard InChI is InChI=1S/C16H29N3O/c1-6-7-8-9-19(13(4)5)16(20)15-11-14(17-18-15)10-12(2)3/h11-13H,6-10H2,1-5H3,(H,17,18). The lowest BCUT2D eigenvalue weighted by Crippen LogP contribution is -2.37. The summed E-state index contributed by atoms with van der Waals surface area (Å²) in [4.78, 5) is 14.4. The molecule has 0 bridgehead atoms. The summed E-state index contributed by atoms with van der Waals surface area (Å²) in [5, 5.41) is 7.17. The number of nitrogens with zero attached hydrogens (tertiary/aromatic N) is 2. The summed E-state index contributed by atoms with van der Waals surface area (Å²) < 4.78 is 0. The summed E-state index contributed by atoms with van der Waals surface area (Å²) in [6, 6.07) is 2.11. The first-order valence-corrected chi connectivity index (χ1v) is 7.81. The van der Waals surface area contributed by atoms with Crippen LogP contribution in [0.25, 0.3) is 0 Å². The van der Waals surface area contributed by atoms with Gasteiger partial charge in [-0.15, -0.1) is 0 Å². The van der Waals surface area contributed by atoms with Gasteiger partial charge >= 0.3 is 0 Å². The van der Waals surface area contributed by atoms with Crippen molar-refractivity contribution in [2.45, 2.75) is 66.3 Å². The number of hydrogen-bond acceptors (Lipinski definition) is 2. The first-order valence-electron chi connectivity index (χ1n) is 7.81. The van der Waals surface area contributed by atoms with Crippen LogP contribution < -0.4 is 0 Å². The van der Waals surface area contributed by atoms with Crippen LogP contribution in [0.1, 0.15) is 70.1 Å². The second kappa shape index (κ2) is 8.08. The van der Waals surface area contributed by atoms with Crippen molar-refractivity contribution in [3.8, 4) is 0 Å². The van der Waals surface area contributed by atoms with E-state index in [-0.39, 0.29) is 11.9 Å². The normalized spacial score (nSPS) is 11.3. The average Bonchev–Trinajstić information content (AvgIpc) is 2.81. The first-order chi connectivity index (χ1) is 9.45. The Kier molecular flexibility index (Phi) is 6.76. The van der Waals surface area contributed by atoms with Gasteiger partial charge in [0.15, 0.2) is 0 Å². The van der Waals surface area contributed by atoms with Crippen molar-refractivity contribution < 1.29 is 4.79 Å². The van der Waals surface area contributed by atoms with Gasteiger partial charge < -0.3 is 4.90 Å². The Morgan fingerprint density at radius 1 is 1.30 bits per heavy atom. The van der Waals surface area contributed by atoms with Crippen molar-refractivity contribution in [2.75, 3.05) is 6.54 Å². The summed E-state index contributed by atoms with van der Waals surface area (Å²) in [6.45, 7) is 11.4. The minimum absolute atomic E-state index is 0.0439. The van der Waals surface area contributed by atoms with Crippen molar-refractivity contribution in [3.05, 3.63) is 17.5 Å². The van der Waals surface area contributed by atoms with E-state index < -0.39 is 0 Å². The maximum atomic E-state index is 12.5. The molecule has 0 fully saturated rings. The fraction of sp³-hybridized carbons (Fsp3) is 0.750. The number of carbonyl (C=O) groups is 1. The molecule has 0 aliphatic heterocycles. The fourth-order valence-corrected chi connectivity index (χ4v) is 2.29. The van der Waals surface area contributed by atoms with E-state index in [0.29, 0.717) is 11.6 Å². The molecule has 1 N–H and O–H groups in total. The van der Waals surface area contributed by atoms with Crippen LogP contribution in [0.5, 0.6) is 0 Å². The second-order valence-corrected chi connectivity index (χ2v) is 6.18. The number of nitrogens with one attached hydrogen (secondary N) is 1. The highest BCUT2D eigenvalue weighted by Gasteiger charge is 2.20. The number of aromatic amines is 1. The zero-order chi connectivity index (χ0) is 15.1. The van der Waals surface area contributed by atoms with Crippen molar-refractivity contribution in [3.63, 3.8) is 0 Å². The van der Waals surface area contributed by atoms with Gasteiger partial charge in [0.05, 0.1) is 0 Å². The Morgan fingerprint density at radius 2 is 2.00 bits per heavy atom. The zero-order valence-electron chi connectivity index (χ0n) is 13.6. The molecule has 0 atom stereocenters. The van der Waals surface area contributed by atoms with Gasteiger partial charge in [0.1, 0.15) is 5.69 Å². The maximum Gasteiger partial charge on any atom is 0.274 e. The molecule has 1 rings (SSSR count). The van der Waals surface area contributed by atoms with E-state index in [9.17, 15) is 4.79 Å². The van der Waals surface area contributed by atoms with Crippen LogP contribution in [-0.2, 0) is 6.42 Å². The molecule has 4 heteroatoms. The number of H-pyrrole nitrogens is 1. The Balaban J connectivity index is 2.71. The molecule has 1 aromatic rings. The molecule has 0 spiro atoms. The lowest BCUT2D eigenvalue weighted by atomic mass is 10.1. The molecule has 0 saturated carbocycles. The second-order valence-electron chi connectivity index (χ2n) is 6.18. The maximum absolute atomic E-state index is 12.5. The lowest BCUT2D eigenvalue weighted by molar-refractivity contribution is 0.0696. The zero-order valence-corrected chi connectivity index (χ0v) is 13.6. The van der Waals surface area contributed by atoms with E-state index >= 15 is 0 Å². The predicted octanol–water partition coefficient (Wildman–Crippen LogP) is 3.65. The molecule has 20 heavy (non-hydrogen) atoms. The summed E-state index contributed by atoms with van der Waals surface area (Å²) in [5.41, 5.74) is 1.59. The number of carbonyl (C=O) groups excluding carboxylic acids is 1. The molecule has 1 heterocycles. The van der Waals surface area contributed by atoms with Crippen molar-refractivity contribution in [2.24, 2.45) is 5.92 Å². The monoisotopic (exact) mass is 279 g/mol. The Bertz CT molecular complexity index is 410. The van der Waals surface area contributed by atoms with Crippen LogP contribution in [0.2, 0.25) is 0 Å². The number of rotatable bonds is 8. The van der Waals surface area contributed by atoms with Crippen LogP contribution in [0.4, 0.5) is 0 Å². The van der Waals surface area contributed by atoms with E-state index in [1.54, 1.807) is 0 Å². The largest absolute Gasteiger partial charge is 0.335 e. The van der Waals surface area contributed by atoms with Crippen LogP contribution in [0.3, 0.4) is 0 Å². The van der Waals surface area contributed by atoms with Gasteiger partial charge in [-0.25, -0.2) is 0 Å². The van der Waals surface area contributed by atoms with Crippen molar-refractivity contribution in [1.82, 2.24) is 15.1 Å². The van der Waals surface area contributed by atoms with Gasteiger partial charge in [-0.05, 0) is 38.7 Å². The Hall–Kier alpha value is -1.32. The highest BCUT2D eigenvalue weighted by atomic mass is 16.2. The number of unbranched alkanes of at least 4 members (excludes halogenated alkanes) is 2. The van der Waals surface area contributed by atoms with Crippen LogP contribution in [0, 0.1) is 5.92 Å².